The van der Waals surface area contributed by atoms with E-state index in [2.05, 4.69) is 27.2 Å². The maximum absolute atomic E-state index is 13.1. The smallest absolute Gasteiger partial charge is 0.408 e. The predicted octanol–water partition coefficient (Wildman–Crippen LogP) is 2.86. The lowest BCUT2D eigenvalue weighted by atomic mass is 9.85. The molecule has 1 aliphatic rings. The Kier molecular flexibility index (Phi) is 9.24. The van der Waals surface area contributed by atoms with Crippen molar-refractivity contribution in [2.24, 2.45) is 11.0 Å². The van der Waals surface area contributed by atoms with Crippen LogP contribution < -0.4 is 10.6 Å². The fourth-order valence-corrected chi connectivity index (χ4v) is 3.58. The lowest BCUT2D eigenvalue weighted by Crippen LogP contribution is -2.49. The van der Waals surface area contributed by atoms with E-state index in [0.29, 0.717) is 6.42 Å². The summed E-state index contributed by atoms with van der Waals surface area (Å²) in [6.45, 7) is 8.34. The van der Waals surface area contributed by atoms with Crippen molar-refractivity contribution in [3.63, 3.8) is 0 Å². The van der Waals surface area contributed by atoms with E-state index in [1.807, 2.05) is 18.2 Å². The van der Waals surface area contributed by atoms with Gasteiger partial charge in [0.15, 0.2) is 11.5 Å². The van der Waals surface area contributed by atoms with Gasteiger partial charge in [-0.2, -0.15) is 0 Å². The van der Waals surface area contributed by atoms with Gasteiger partial charge in [0.25, 0.3) is 0 Å². The number of allylic oxidation sites excluding steroid dienone is 1. The Hall–Kier alpha value is -4.05. The van der Waals surface area contributed by atoms with E-state index in [9.17, 15) is 19.9 Å². The molecular weight excluding hydrogens is 454 g/mol. The zero-order valence-corrected chi connectivity index (χ0v) is 20.1. The Morgan fingerprint density at radius 1 is 1.34 bits per heavy atom. The number of carbonyl (C=O) groups excluding carboxylic acids is 3. The summed E-state index contributed by atoms with van der Waals surface area (Å²) in [5, 5.41) is 16.8. The van der Waals surface area contributed by atoms with E-state index in [-0.39, 0.29) is 25.7 Å². The minimum Gasteiger partial charge on any atom is -0.460 e. The SMILES string of the molecule is C=CC[C@@H]1CN(C(=N)NC(=O)CNC(=O)OC(C)(C)C)C[C@]1(N=[N+]=[N-])C(=O)OCc1ccccc1. The minimum absolute atomic E-state index is 0.00625. The van der Waals surface area contributed by atoms with E-state index in [4.69, 9.17) is 14.9 Å². The van der Waals surface area contributed by atoms with Crippen LogP contribution in [0.3, 0.4) is 0 Å². The molecule has 1 aromatic rings. The summed E-state index contributed by atoms with van der Waals surface area (Å²) in [6, 6.07) is 9.06. The Bertz CT molecular complexity index is 1000. The average molecular weight is 486 g/mol. The van der Waals surface area contributed by atoms with Crippen molar-refractivity contribution in [1.29, 1.82) is 5.41 Å². The highest BCUT2D eigenvalue weighted by molar-refractivity contribution is 5.98. The number of nitrogens with zero attached hydrogens (tertiary/aromatic N) is 4. The van der Waals surface area contributed by atoms with Gasteiger partial charge in [0.2, 0.25) is 5.91 Å². The number of amides is 2. The molecule has 2 atom stereocenters. The molecule has 3 N–H and O–H groups in total. The first kappa shape index (κ1) is 27.2. The van der Waals surface area contributed by atoms with Crippen LogP contribution in [0.4, 0.5) is 4.79 Å². The van der Waals surface area contributed by atoms with Gasteiger partial charge in [-0.25, -0.2) is 4.79 Å². The van der Waals surface area contributed by atoms with Crippen molar-refractivity contribution in [3.05, 3.63) is 59.0 Å². The molecule has 2 amide bonds. The van der Waals surface area contributed by atoms with E-state index in [0.717, 1.165) is 5.56 Å². The predicted molar refractivity (Wildman–Crippen MR) is 128 cm³/mol. The Morgan fingerprint density at radius 2 is 2.03 bits per heavy atom. The highest BCUT2D eigenvalue weighted by atomic mass is 16.6. The van der Waals surface area contributed by atoms with Crippen molar-refractivity contribution in [2.75, 3.05) is 19.6 Å². The van der Waals surface area contributed by atoms with E-state index < -0.39 is 41.6 Å². The summed E-state index contributed by atoms with van der Waals surface area (Å²) in [6.07, 6.45) is 1.14. The largest absolute Gasteiger partial charge is 0.460 e. The van der Waals surface area contributed by atoms with Crippen molar-refractivity contribution < 1.29 is 23.9 Å². The molecule has 2 rings (SSSR count). The maximum Gasteiger partial charge on any atom is 0.408 e. The van der Waals surface area contributed by atoms with E-state index >= 15 is 0 Å². The second-order valence-corrected chi connectivity index (χ2v) is 9.03. The van der Waals surface area contributed by atoms with Gasteiger partial charge >= 0.3 is 12.1 Å². The maximum atomic E-state index is 13.1. The number of guanidine groups is 1. The molecule has 1 aromatic carbocycles. The average Bonchev–Trinajstić information content (AvgIpc) is 3.15. The molecule has 0 aliphatic carbocycles. The molecule has 1 aliphatic heterocycles. The zero-order chi connectivity index (χ0) is 26.1. The second-order valence-electron chi connectivity index (χ2n) is 9.03. The second kappa shape index (κ2) is 11.9. The van der Waals surface area contributed by atoms with Crippen LogP contribution in [0, 0.1) is 11.3 Å². The highest BCUT2D eigenvalue weighted by Crippen LogP contribution is 2.36. The molecule has 0 radical (unpaired) electrons. The third kappa shape index (κ3) is 7.75. The molecular formula is C23H31N7O5. The first-order valence-corrected chi connectivity index (χ1v) is 11.0. The topological polar surface area (TPSA) is 170 Å². The van der Waals surface area contributed by atoms with Crippen LogP contribution in [0.5, 0.6) is 0 Å². The molecule has 12 nitrogen and oxygen atoms in total. The molecule has 0 aromatic heterocycles. The van der Waals surface area contributed by atoms with Crippen LogP contribution in [0.2, 0.25) is 0 Å². The molecule has 188 valence electrons. The number of alkyl carbamates (subject to hydrolysis) is 1. The zero-order valence-electron chi connectivity index (χ0n) is 20.1. The third-order valence-electron chi connectivity index (χ3n) is 5.15. The Labute approximate surface area is 203 Å². The quantitative estimate of drug-likeness (QED) is 0.0972. The summed E-state index contributed by atoms with van der Waals surface area (Å²) >= 11 is 0. The monoisotopic (exact) mass is 485 g/mol. The number of rotatable bonds is 8. The standard InChI is InChI=1S/C23H31N7O5/c1-5-9-17-13-30(20(24)27-18(31)12-26-21(33)35-22(2,3)4)15-23(17,28-29-25)19(32)34-14-16-10-7-6-8-11-16/h5-8,10-11,17H,1,9,12-15H2,2-4H3,(H,26,33)(H2,24,27,31)/t17-,23-/m1/s1. The van der Waals surface area contributed by atoms with Crippen molar-refractivity contribution in [1.82, 2.24) is 15.5 Å². The number of hydrogen-bond acceptors (Lipinski definition) is 7. The summed E-state index contributed by atoms with van der Waals surface area (Å²) in [5.74, 6) is -2.22. The van der Waals surface area contributed by atoms with Crippen LogP contribution >= 0.6 is 0 Å². The van der Waals surface area contributed by atoms with Gasteiger partial charge < -0.3 is 19.7 Å². The molecule has 35 heavy (non-hydrogen) atoms. The summed E-state index contributed by atoms with van der Waals surface area (Å²) < 4.78 is 10.5. The van der Waals surface area contributed by atoms with Gasteiger partial charge in [-0.1, -0.05) is 41.5 Å². The van der Waals surface area contributed by atoms with E-state index in [1.165, 1.54) is 4.90 Å². The van der Waals surface area contributed by atoms with Crippen LogP contribution in [0.25, 0.3) is 10.4 Å². The normalized spacial score (nSPS) is 19.2. The molecule has 0 spiro atoms. The first-order valence-electron chi connectivity index (χ1n) is 11.0. The van der Waals surface area contributed by atoms with Crippen LogP contribution in [-0.4, -0.2) is 59.6 Å². The highest BCUT2D eigenvalue weighted by Gasteiger charge is 2.53. The van der Waals surface area contributed by atoms with Crippen LogP contribution in [0.1, 0.15) is 32.8 Å². The summed E-state index contributed by atoms with van der Waals surface area (Å²) in [7, 11) is 0. The first-order chi connectivity index (χ1) is 16.5. The third-order valence-corrected chi connectivity index (χ3v) is 5.15. The molecule has 0 saturated carbocycles. The number of hydrogen-bond donors (Lipinski definition) is 3. The molecule has 0 bridgehead atoms. The van der Waals surface area contributed by atoms with Crippen molar-refractivity contribution in [3.8, 4) is 0 Å². The summed E-state index contributed by atoms with van der Waals surface area (Å²) in [4.78, 5) is 41.4. The van der Waals surface area contributed by atoms with Gasteiger partial charge in [-0.3, -0.25) is 20.3 Å². The number of nitrogens with one attached hydrogen (secondary N) is 3. The lowest BCUT2D eigenvalue weighted by Gasteiger charge is -2.26. The number of likely N-dealkylation sites (tertiary alicyclic amines) is 1. The van der Waals surface area contributed by atoms with Crippen molar-refractivity contribution in [2.45, 2.75) is 44.9 Å². The van der Waals surface area contributed by atoms with Gasteiger partial charge in [-0.15, -0.1) is 6.58 Å². The number of benzene rings is 1. The van der Waals surface area contributed by atoms with Crippen molar-refractivity contribution >= 4 is 23.9 Å². The molecule has 1 fully saturated rings. The number of ether oxygens (including phenoxy) is 2. The molecule has 1 heterocycles. The lowest BCUT2D eigenvalue weighted by molar-refractivity contribution is -0.152. The fourth-order valence-electron chi connectivity index (χ4n) is 3.58. The van der Waals surface area contributed by atoms with Crippen LogP contribution in [0.15, 0.2) is 48.1 Å². The number of azide groups is 1. The van der Waals surface area contributed by atoms with E-state index in [1.54, 1.807) is 39.0 Å². The minimum atomic E-state index is -1.61. The van der Waals surface area contributed by atoms with Gasteiger partial charge in [0, 0.05) is 23.9 Å². The molecule has 1 saturated heterocycles. The Morgan fingerprint density at radius 3 is 2.63 bits per heavy atom. The van der Waals surface area contributed by atoms with Gasteiger partial charge in [0.05, 0.1) is 0 Å². The fraction of sp³-hybridized carbons (Fsp3) is 0.478. The number of carbonyl (C=O) groups is 3. The van der Waals surface area contributed by atoms with Gasteiger partial charge in [-0.05, 0) is 38.3 Å². The Balaban J connectivity index is 2.07. The van der Waals surface area contributed by atoms with Gasteiger partial charge in [0.1, 0.15) is 18.8 Å². The van der Waals surface area contributed by atoms with Crippen LogP contribution in [-0.2, 0) is 25.7 Å². The molecule has 0 unspecified atom stereocenters. The molecule has 12 heteroatoms. The number of esters is 1. The summed E-state index contributed by atoms with van der Waals surface area (Å²) in [5.41, 5.74) is 7.66.